The second-order valence-electron chi connectivity index (χ2n) is 10.8. The largest absolute Gasteiger partial charge is 0.586 e. The Morgan fingerprint density at radius 3 is 2.51 bits per heavy atom. The second-order valence-corrected chi connectivity index (χ2v) is 10.8. The van der Waals surface area contributed by atoms with Gasteiger partial charge in [-0.2, -0.15) is 0 Å². The molecule has 1 atom stereocenters. The minimum atomic E-state index is -3.68. The molecule has 2 aromatic carbocycles. The van der Waals surface area contributed by atoms with Crippen LogP contribution in [-0.4, -0.2) is 30.0 Å². The summed E-state index contributed by atoms with van der Waals surface area (Å²) in [6.45, 7) is 8.08. The number of hydrogen-bond acceptors (Lipinski definition) is 4. The Bertz CT molecular complexity index is 1330. The van der Waals surface area contributed by atoms with Gasteiger partial charge in [0.1, 0.15) is 0 Å². The molecule has 1 saturated carbocycles. The van der Waals surface area contributed by atoms with Crippen LogP contribution >= 0.6 is 0 Å². The Morgan fingerprint density at radius 1 is 1.06 bits per heavy atom. The summed E-state index contributed by atoms with van der Waals surface area (Å²) >= 11 is 0. The standard InChI is InChI=1S/C27H28F2N2O4/c1-25(2,3)23-13-16-12-18(5-6-20(16)31(23)19-8-11-33-15-19)30-24(32)26(9-10-26)17-4-7-21-22(14-17)35-27(28,29)34-21/h4-7,12-14,19H,8-11,15H2,1-3H3,(H,30,32). The van der Waals surface area contributed by atoms with Gasteiger partial charge in [-0.1, -0.05) is 26.8 Å². The van der Waals surface area contributed by atoms with Crippen molar-refractivity contribution in [2.75, 3.05) is 18.5 Å². The van der Waals surface area contributed by atoms with Gasteiger partial charge in [-0.25, -0.2) is 0 Å². The topological polar surface area (TPSA) is 61.7 Å². The molecule has 3 aromatic rings. The van der Waals surface area contributed by atoms with Crippen molar-refractivity contribution in [2.45, 2.75) is 63.2 Å². The van der Waals surface area contributed by atoms with E-state index in [-0.39, 0.29) is 22.8 Å². The van der Waals surface area contributed by atoms with Gasteiger partial charge in [0.25, 0.3) is 0 Å². The predicted octanol–water partition coefficient (Wildman–Crippen LogP) is 5.89. The van der Waals surface area contributed by atoms with Crippen molar-refractivity contribution in [3.05, 3.63) is 53.7 Å². The lowest BCUT2D eigenvalue weighted by Gasteiger charge is -2.25. The lowest BCUT2D eigenvalue weighted by Crippen LogP contribution is -2.27. The van der Waals surface area contributed by atoms with E-state index < -0.39 is 11.7 Å². The Balaban J connectivity index is 1.29. The van der Waals surface area contributed by atoms with Gasteiger partial charge in [-0.3, -0.25) is 4.79 Å². The third-order valence-electron chi connectivity index (χ3n) is 7.27. The van der Waals surface area contributed by atoms with Crippen LogP contribution in [0.5, 0.6) is 11.5 Å². The Labute approximate surface area is 202 Å². The monoisotopic (exact) mass is 482 g/mol. The first-order chi connectivity index (χ1) is 16.6. The number of fused-ring (bicyclic) bond motifs is 2. The van der Waals surface area contributed by atoms with Crippen LogP contribution in [0.2, 0.25) is 0 Å². The highest BCUT2D eigenvalue weighted by molar-refractivity contribution is 6.02. The molecule has 1 aliphatic carbocycles. The molecule has 2 fully saturated rings. The third kappa shape index (κ3) is 3.75. The summed E-state index contributed by atoms with van der Waals surface area (Å²) in [5.41, 5.74) is 2.93. The Hall–Kier alpha value is -3.13. The molecule has 0 radical (unpaired) electrons. The van der Waals surface area contributed by atoms with Gasteiger partial charge in [0.05, 0.1) is 18.1 Å². The minimum Gasteiger partial charge on any atom is -0.395 e. The molecule has 6 rings (SSSR count). The number of amides is 1. The van der Waals surface area contributed by atoms with Crippen LogP contribution in [0.15, 0.2) is 42.5 Å². The van der Waals surface area contributed by atoms with Crippen LogP contribution in [0, 0.1) is 0 Å². The van der Waals surface area contributed by atoms with Gasteiger partial charge < -0.3 is 24.1 Å². The number of anilines is 1. The normalized spacial score (nSPS) is 21.9. The maximum absolute atomic E-state index is 13.4. The first kappa shape index (κ1) is 22.3. The van der Waals surface area contributed by atoms with Crippen molar-refractivity contribution in [1.82, 2.24) is 4.57 Å². The molecule has 1 unspecified atom stereocenters. The molecule has 1 saturated heterocycles. The average molecular weight is 483 g/mol. The van der Waals surface area contributed by atoms with E-state index in [1.54, 1.807) is 6.07 Å². The van der Waals surface area contributed by atoms with E-state index in [4.69, 9.17) is 4.74 Å². The molecular formula is C27H28F2N2O4. The lowest BCUT2D eigenvalue weighted by molar-refractivity contribution is -0.286. The van der Waals surface area contributed by atoms with Crippen molar-refractivity contribution >= 4 is 22.5 Å². The summed E-state index contributed by atoms with van der Waals surface area (Å²) in [5, 5.41) is 4.13. The predicted molar refractivity (Wildman–Crippen MR) is 127 cm³/mol. The van der Waals surface area contributed by atoms with Crippen LogP contribution in [0.4, 0.5) is 14.5 Å². The van der Waals surface area contributed by atoms with Crippen molar-refractivity contribution in [2.24, 2.45) is 0 Å². The highest BCUT2D eigenvalue weighted by Gasteiger charge is 2.52. The van der Waals surface area contributed by atoms with Crippen molar-refractivity contribution in [3.8, 4) is 11.5 Å². The molecule has 0 spiro atoms. The van der Waals surface area contributed by atoms with Crippen LogP contribution in [-0.2, 0) is 20.4 Å². The minimum absolute atomic E-state index is 0.0211. The Kier molecular flexibility index (Phi) is 4.75. The molecule has 3 aliphatic rings. The zero-order chi connectivity index (χ0) is 24.6. The summed E-state index contributed by atoms with van der Waals surface area (Å²) in [7, 11) is 0. The van der Waals surface area contributed by atoms with Gasteiger partial charge in [0.15, 0.2) is 11.5 Å². The molecule has 1 amide bonds. The molecular weight excluding hydrogens is 454 g/mol. The smallest absolute Gasteiger partial charge is 0.395 e. The fourth-order valence-electron chi connectivity index (χ4n) is 5.28. The van der Waals surface area contributed by atoms with Crippen LogP contribution in [0.1, 0.15) is 57.3 Å². The summed E-state index contributed by atoms with van der Waals surface area (Å²) in [6.07, 6.45) is -1.41. The maximum Gasteiger partial charge on any atom is 0.586 e. The Morgan fingerprint density at radius 2 is 1.83 bits per heavy atom. The number of hydrogen-bond donors (Lipinski definition) is 1. The van der Waals surface area contributed by atoms with Crippen molar-refractivity contribution < 1.29 is 27.8 Å². The van der Waals surface area contributed by atoms with Crippen LogP contribution in [0.3, 0.4) is 0 Å². The molecule has 2 aliphatic heterocycles. The zero-order valence-electron chi connectivity index (χ0n) is 20.0. The molecule has 35 heavy (non-hydrogen) atoms. The number of aromatic nitrogens is 1. The van der Waals surface area contributed by atoms with Gasteiger partial charge in [0, 0.05) is 34.3 Å². The van der Waals surface area contributed by atoms with E-state index in [9.17, 15) is 13.6 Å². The molecule has 184 valence electrons. The number of benzene rings is 2. The van der Waals surface area contributed by atoms with Crippen molar-refractivity contribution in [3.63, 3.8) is 0 Å². The fourth-order valence-corrected chi connectivity index (χ4v) is 5.28. The molecule has 1 aromatic heterocycles. The van der Waals surface area contributed by atoms with E-state index in [2.05, 4.69) is 52.3 Å². The summed E-state index contributed by atoms with van der Waals surface area (Å²) in [6, 6.07) is 13.1. The number of ether oxygens (including phenoxy) is 3. The van der Waals surface area contributed by atoms with Gasteiger partial charge in [-0.05, 0) is 61.2 Å². The molecule has 0 bridgehead atoms. The van der Waals surface area contributed by atoms with Crippen LogP contribution in [0.25, 0.3) is 10.9 Å². The number of carbonyl (C=O) groups is 1. The SMILES string of the molecule is CC(C)(C)c1cc2cc(NC(=O)C3(c4ccc5c(c4)OC(F)(F)O5)CC3)ccc2n1C1CCOC1. The molecule has 1 N–H and O–H groups in total. The summed E-state index contributed by atoms with van der Waals surface area (Å²) in [4.78, 5) is 13.3. The highest BCUT2D eigenvalue weighted by atomic mass is 19.3. The summed E-state index contributed by atoms with van der Waals surface area (Å²) < 4.78 is 44.0. The quantitative estimate of drug-likeness (QED) is 0.504. The number of carbonyl (C=O) groups excluding carboxylic acids is 1. The number of halogens is 2. The molecule has 6 nitrogen and oxygen atoms in total. The number of nitrogens with one attached hydrogen (secondary N) is 1. The maximum atomic E-state index is 13.4. The second kappa shape index (κ2) is 7.43. The number of alkyl halides is 2. The van der Waals surface area contributed by atoms with Crippen LogP contribution < -0.4 is 14.8 Å². The fraction of sp³-hybridized carbons (Fsp3) is 0.444. The van der Waals surface area contributed by atoms with Gasteiger partial charge >= 0.3 is 6.29 Å². The zero-order valence-corrected chi connectivity index (χ0v) is 20.0. The third-order valence-corrected chi connectivity index (χ3v) is 7.27. The van der Waals surface area contributed by atoms with E-state index >= 15 is 0 Å². The van der Waals surface area contributed by atoms with E-state index in [0.29, 0.717) is 36.7 Å². The lowest BCUT2D eigenvalue weighted by atomic mass is 9.91. The number of nitrogens with zero attached hydrogens (tertiary/aromatic N) is 1. The molecule has 3 heterocycles. The van der Waals surface area contributed by atoms with Gasteiger partial charge in [0.2, 0.25) is 5.91 Å². The first-order valence-electron chi connectivity index (χ1n) is 12.0. The average Bonchev–Trinajstić information content (AvgIpc) is 3.11. The van der Waals surface area contributed by atoms with Gasteiger partial charge in [-0.15, -0.1) is 8.78 Å². The van der Waals surface area contributed by atoms with Crippen molar-refractivity contribution in [1.29, 1.82) is 0 Å². The first-order valence-corrected chi connectivity index (χ1v) is 12.0. The van der Waals surface area contributed by atoms with E-state index in [0.717, 1.165) is 23.9 Å². The molecule has 8 heteroatoms. The number of rotatable bonds is 4. The van der Waals surface area contributed by atoms with E-state index in [1.165, 1.54) is 17.8 Å². The summed E-state index contributed by atoms with van der Waals surface area (Å²) in [5.74, 6) is -0.214. The highest BCUT2D eigenvalue weighted by Crippen LogP contribution is 2.52. The van der Waals surface area contributed by atoms with E-state index in [1.807, 2.05) is 12.1 Å².